The number of carbonyl (C=O) groups is 1. The van der Waals surface area contributed by atoms with Crippen LogP contribution in [-0.2, 0) is 6.54 Å². The van der Waals surface area contributed by atoms with E-state index < -0.39 is 11.5 Å². The van der Waals surface area contributed by atoms with Crippen LogP contribution in [0, 0.1) is 0 Å². The molecule has 0 atom stereocenters. The molecule has 4 rings (SSSR count). The Morgan fingerprint density at radius 1 is 1.10 bits per heavy atom. The first-order chi connectivity index (χ1) is 14.1. The van der Waals surface area contributed by atoms with E-state index in [0.717, 1.165) is 16.7 Å². The molecule has 2 aromatic heterocycles. The van der Waals surface area contributed by atoms with Crippen LogP contribution in [-0.4, -0.2) is 25.7 Å². The van der Waals surface area contributed by atoms with Crippen LogP contribution in [0.25, 0.3) is 17.1 Å². The molecule has 7 nitrogen and oxygen atoms in total. The third-order valence-corrected chi connectivity index (χ3v) is 4.67. The van der Waals surface area contributed by atoms with E-state index in [-0.39, 0.29) is 18.1 Å². The Morgan fingerprint density at radius 2 is 1.90 bits per heavy atom. The number of halogens is 1. The number of hydrogen-bond acceptors (Lipinski definition) is 4. The van der Waals surface area contributed by atoms with Crippen molar-refractivity contribution >= 4 is 17.5 Å². The van der Waals surface area contributed by atoms with Gasteiger partial charge in [0.2, 0.25) is 5.95 Å². The van der Waals surface area contributed by atoms with Gasteiger partial charge in [0, 0.05) is 35.7 Å². The average molecular weight is 406 g/mol. The zero-order valence-corrected chi connectivity index (χ0v) is 15.9. The van der Waals surface area contributed by atoms with Crippen LogP contribution in [0.2, 0.25) is 5.02 Å². The van der Waals surface area contributed by atoms with E-state index in [1.165, 1.54) is 10.9 Å². The molecule has 0 saturated heterocycles. The number of nitrogens with zero attached hydrogens (tertiary/aromatic N) is 3. The average Bonchev–Trinajstić information content (AvgIpc) is 3.28. The van der Waals surface area contributed by atoms with Crippen LogP contribution >= 0.6 is 11.6 Å². The number of H-pyrrole nitrogens is 1. The standard InChI is InChI=1S/C21H16ClN5O2/c22-18-5-2-1-4-16(18)15-8-6-14(7-9-15)12-23-19(28)17-13-24-21(26-20(17)29)27-11-3-10-25-27/h1-11,13H,12H2,(H,23,28)(H,24,26,29). The number of aromatic nitrogens is 4. The second-order valence-electron chi connectivity index (χ2n) is 6.26. The fourth-order valence-electron chi connectivity index (χ4n) is 2.83. The zero-order chi connectivity index (χ0) is 20.2. The number of hydrogen-bond donors (Lipinski definition) is 2. The van der Waals surface area contributed by atoms with Gasteiger partial charge in [-0.05, 0) is 23.3 Å². The van der Waals surface area contributed by atoms with Crippen molar-refractivity contribution < 1.29 is 4.79 Å². The minimum absolute atomic E-state index is 0.0615. The summed E-state index contributed by atoms with van der Waals surface area (Å²) in [5, 5.41) is 7.40. The largest absolute Gasteiger partial charge is 0.348 e. The summed E-state index contributed by atoms with van der Waals surface area (Å²) in [6.07, 6.45) is 4.45. The summed E-state index contributed by atoms with van der Waals surface area (Å²) in [6, 6.07) is 17.0. The lowest BCUT2D eigenvalue weighted by molar-refractivity contribution is 0.0949. The van der Waals surface area contributed by atoms with Crippen LogP contribution in [0.3, 0.4) is 0 Å². The molecule has 0 bridgehead atoms. The molecule has 2 heterocycles. The number of aromatic amines is 1. The Balaban J connectivity index is 1.43. The SMILES string of the molecule is O=C(NCc1ccc(-c2ccccc2Cl)cc1)c1cnc(-n2cccn2)[nH]c1=O. The highest BCUT2D eigenvalue weighted by Gasteiger charge is 2.12. The van der Waals surface area contributed by atoms with Crippen molar-refractivity contribution in [3.63, 3.8) is 0 Å². The summed E-state index contributed by atoms with van der Waals surface area (Å²) >= 11 is 6.23. The molecule has 2 N–H and O–H groups in total. The van der Waals surface area contributed by atoms with Crippen LogP contribution in [0.15, 0.2) is 78.0 Å². The molecular formula is C21H16ClN5O2. The Morgan fingerprint density at radius 3 is 2.59 bits per heavy atom. The van der Waals surface area contributed by atoms with Crippen molar-refractivity contribution in [1.29, 1.82) is 0 Å². The first-order valence-electron chi connectivity index (χ1n) is 8.83. The second kappa shape index (κ2) is 8.12. The van der Waals surface area contributed by atoms with E-state index in [4.69, 9.17) is 11.6 Å². The summed E-state index contributed by atoms with van der Waals surface area (Å²) in [6.45, 7) is 0.280. The fraction of sp³-hybridized carbons (Fsp3) is 0.0476. The highest BCUT2D eigenvalue weighted by atomic mass is 35.5. The minimum Gasteiger partial charge on any atom is -0.348 e. The number of benzene rings is 2. The molecular weight excluding hydrogens is 390 g/mol. The van der Waals surface area contributed by atoms with Crippen molar-refractivity contribution in [2.45, 2.75) is 6.54 Å². The van der Waals surface area contributed by atoms with Gasteiger partial charge in [-0.1, -0.05) is 54.1 Å². The molecule has 0 unspecified atom stereocenters. The monoisotopic (exact) mass is 405 g/mol. The third kappa shape index (κ3) is 4.09. The quantitative estimate of drug-likeness (QED) is 0.533. The summed E-state index contributed by atoms with van der Waals surface area (Å²) in [4.78, 5) is 31.2. The lowest BCUT2D eigenvalue weighted by Gasteiger charge is -2.08. The Hall–Kier alpha value is -3.71. The maximum Gasteiger partial charge on any atom is 0.265 e. The molecule has 4 aromatic rings. The highest BCUT2D eigenvalue weighted by molar-refractivity contribution is 6.33. The van der Waals surface area contributed by atoms with Gasteiger partial charge in [0.05, 0.1) is 0 Å². The fourth-order valence-corrected chi connectivity index (χ4v) is 3.08. The summed E-state index contributed by atoms with van der Waals surface area (Å²) in [7, 11) is 0. The van der Waals surface area contributed by atoms with Crippen LogP contribution in [0.5, 0.6) is 0 Å². The molecule has 0 radical (unpaired) electrons. The van der Waals surface area contributed by atoms with Crippen LogP contribution < -0.4 is 10.9 Å². The van der Waals surface area contributed by atoms with E-state index in [2.05, 4.69) is 20.4 Å². The molecule has 0 aliphatic heterocycles. The van der Waals surface area contributed by atoms with E-state index >= 15 is 0 Å². The molecule has 2 aromatic carbocycles. The number of rotatable bonds is 5. The molecule has 0 saturated carbocycles. The van der Waals surface area contributed by atoms with Gasteiger partial charge in [-0.2, -0.15) is 5.10 Å². The first kappa shape index (κ1) is 18.6. The van der Waals surface area contributed by atoms with Crippen molar-refractivity contribution in [3.05, 3.63) is 99.7 Å². The van der Waals surface area contributed by atoms with Crippen molar-refractivity contribution in [1.82, 2.24) is 25.1 Å². The van der Waals surface area contributed by atoms with Gasteiger partial charge < -0.3 is 5.32 Å². The molecule has 0 spiro atoms. The van der Waals surface area contributed by atoms with Crippen LogP contribution in [0.4, 0.5) is 0 Å². The maximum absolute atomic E-state index is 12.4. The van der Waals surface area contributed by atoms with Crippen molar-refractivity contribution in [2.75, 3.05) is 0 Å². The van der Waals surface area contributed by atoms with Crippen molar-refractivity contribution in [3.8, 4) is 17.1 Å². The minimum atomic E-state index is -0.530. The predicted octanol–water partition coefficient (Wildman–Crippen LogP) is 3.21. The lowest BCUT2D eigenvalue weighted by atomic mass is 10.0. The van der Waals surface area contributed by atoms with E-state index in [1.54, 1.807) is 18.5 Å². The van der Waals surface area contributed by atoms with Gasteiger partial charge in [0.1, 0.15) is 5.56 Å². The predicted molar refractivity (Wildman–Crippen MR) is 110 cm³/mol. The van der Waals surface area contributed by atoms with E-state index in [1.807, 2.05) is 48.5 Å². The summed E-state index contributed by atoms with van der Waals surface area (Å²) in [5.41, 5.74) is 2.23. The molecule has 8 heteroatoms. The van der Waals surface area contributed by atoms with Gasteiger partial charge >= 0.3 is 0 Å². The normalized spacial score (nSPS) is 10.7. The Labute approximate surface area is 171 Å². The number of carbonyl (C=O) groups excluding carboxylic acids is 1. The van der Waals surface area contributed by atoms with E-state index in [0.29, 0.717) is 5.02 Å². The zero-order valence-electron chi connectivity index (χ0n) is 15.2. The maximum atomic E-state index is 12.4. The summed E-state index contributed by atoms with van der Waals surface area (Å²) < 4.78 is 1.41. The molecule has 29 heavy (non-hydrogen) atoms. The molecule has 144 valence electrons. The van der Waals surface area contributed by atoms with Gasteiger partial charge in [-0.25, -0.2) is 9.67 Å². The number of nitrogens with one attached hydrogen (secondary N) is 2. The molecule has 0 fully saturated rings. The first-order valence-corrected chi connectivity index (χ1v) is 9.21. The van der Waals surface area contributed by atoms with Crippen LogP contribution in [0.1, 0.15) is 15.9 Å². The molecule has 0 aliphatic rings. The Bertz CT molecular complexity index is 1200. The Kier molecular flexibility index (Phi) is 5.22. The topological polar surface area (TPSA) is 92.7 Å². The summed E-state index contributed by atoms with van der Waals surface area (Å²) in [5.74, 6) is -0.257. The number of amides is 1. The molecule has 1 amide bonds. The van der Waals surface area contributed by atoms with Gasteiger partial charge in [0.25, 0.3) is 11.5 Å². The van der Waals surface area contributed by atoms with Gasteiger partial charge in [-0.3, -0.25) is 14.6 Å². The van der Waals surface area contributed by atoms with Gasteiger partial charge in [-0.15, -0.1) is 0 Å². The van der Waals surface area contributed by atoms with Crippen molar-refractivity contribution in [2.24, 2.45) is 0 Å². The smallest absolute Gasteiger partial charge is 0.265 e. The van der Waals surface area contributed by atoms with E-state index in [9.17, 15) is 9.59 Å². The van der Waals surface area contributed by atoms with Gasteiger partial charge in [0.15, 0.2) is 0 Å². The highest BCUT2D eigenvalue weighted by Crippen LogP contribution is 2.27. The third-order valence-electron chi connectivity index (χ3n) is 4.34. The lowest BCUT2D eigenvalue weighted by Crippen LogP contribution is -2.30. The second-order valence-corrected chi connectivity index (χ2v) is 6.67. The molecule has 0 aliphatic carbocycles.